The van der Waals surface area contributed by atoms with E-state index >= 15 is 0 Å². The maximum absolute atomic E-state index is 10.4. The fourth-order valence-electron chi connectivity index (χ4n) is 0.372. The minimum Gasteiger partial charge on any atom is -0.324 e. The Labute approximate surface area is 58.4 Å². The molecule has 60 valence electrons. The Hall–Kier alpha value is -0.220. The second kappa shape index (κ2) is 3.83. The molecule has 0 radical (unpaired) electrons. The maximum Gasteiger partial charge on any atom is 0.326 e. The van der Waals surface area contributed by atoms with Crippen LogP contribution in [0.4, 0.5) is 0 Å². The minimum absolute atomic E-state index is 0.138. The summed E-state index contributed by atoms with van der Waals surface area (Å²) in [7, 11) is -4.01. The molecule has 0 fully saturated rings. The quantitative estimate of drug-likeness (QED) is 0.470. The van der Waals surface area contributed by atoms with Crippen LogP contribution in [0.15, 0.2) is 0 Å². The van der Waals surface area contributed by atoms with Crippen LogP contribution in [-0.2, 0) is 9.36 Å². The lowest BCUT2D eigenvalue weighted by Crippen LogP contribution is -2.14. The molecule has 0 aliphatic carbocycles. The topological polar surface area (TPSA) is 101 Å². The minimum atomic E-state index is -4.01. The largest absolute Gasteiger partial charge is 0.326 e. The molecule has 0 saturated carbocycles. The first kappa shape index (κ1) is 9.78. The van der Waals surface area contributed by atoms with Gasteiger partial charge >= 0.3 is 7.60 Å². The predicted octanol–water partition coefficient (Wildman–Crippen LogP) is -0.918. The number of ketones is 1. The van der Waals surface area contributed by atoms with Gasteiger partial charge in [-0.1, -0.05) is 0 Å². The molecule has 0 aromatic rings. The lowest BCUT2D eigenvalue weighted by atomic mass is 10.3. The molecule has 0 heterocycles. The summed E-state index contributed by atoms with van der Waals surface area (Å²) in [6.07, 6.45) is -0.538. The molecule has 0 unspecified atom stereocenters. The first-order valence-electron chi connectivity index (χ1n) is 2.72. The van der Waals surface area contributed by atoms with Gasteiger partial charge in [-0.25, -0.2) is 0 Å². The lowest BCUT2D eigenvalue weighted by molar-refractivity contribution is -0.117. The van der Waals surface area contributed by atoms with Gasteiger partial charge in [-0.3, -0.25) is 9.36 Å². The van der Waals surface area contributed by atoms with Crippen molar-refractivity contribution in [1.29, 1.82) is 0 Å². The highest BCUT2D eigenvalue weighted by atomic mass is 31.2. The zero-order valence-corrected chi connectivity index (χ0v) is 6.25. The van der Waals surface area contributed by atoms with Gasteiger partial charge in [0, 0.05) is 6.42 Å². The third-order valence-electron chi connectivity index (χ3n) is 0.910. The highest BCUT2D eigenvalue weighted by Gasteiger charge is 2.13. The van der Waals surface area contributed by atoms with Crippen molar-refractivity contribution < 1.29 is 19.1 Å². The fraction of sp³-hybridized carbons (Fsp3) is 0.750. The van der Waals surface area contributed by atoms with Crippen LogP contribution < -0.4 is 5.73 Å². The SMILES string of the molecule is NCC(=O)CCP(=O)(O)O. The maximum atomic E-state index is 10.4. The second-order valence-corrected chi connectivity index (χ2v) is 3.66. The van der Waals surface area contributed by atoms with E-state index < -0.39 is 13.8 Å². The number of rotatable bonds is 4. The molecule has 0 aromatic carbocycles. The van der Waals surface area contributed by atoms with E-state index in [0.29, 0.717) is 0 Å². The molecule has 0 rings (SSSR count). The van der Waals surface area contributed by atoms with Gasteiger partial charge in [0.1, 0.15) is 5.78 Å². The summed E-state index contributed by atoms with van der Waals surface area (Å²) in [5, 5.41) is 0. The summed E-state index contributed by atoms with van der Waals surface area (Å²) in [5.41, 5.74) is 4.90. The second-order valence-electron chi connectivity index (χ2n) is 1.88. The van der Waals surface area contributed by atoms with Crippen molar-refractivity contribution >= 4 is 13.4 Å². The molecule has 0 amide bonds. The van der Waals surface area contributed by atoms with Crippen LogP contribution in [0, 0.1) is 0 Å². The molecule has 6 heteroatoms. The number of carbonyl (C=O) groups is 1. The summed E-state index contributed by atoms with van der Waals surface area (Å²) in [5.74, 6) is -0.330. The van der Waals surface area contributed by atoms with E-state index in [4.69, 9.17) is 15.5 Å². The Morgan fingerprint density at radius 3 is 2.30 bits per heavy atom. The molecular formula is C4H10NO4P. The predicted molar refractivity (Wildman–Crippen MR) is 35.6 cm³/mol. The number of carbonyl (C=O) groups excluding carboxylic acids is 1. The van der Waals surface area contributed by atoms with Crippen LogP contribution in [0.2, 0.25) is 0 Å². The highest BCUT2D eigenvalue weighted by molar-refractivity contribution is 7.51. The molecule has 0 aromatic heterocycles. The average Bonchev–Trinajstić information content (AvgIpc) is 1.81. The molecule has 10 heavy (non-hydrogen) atoms. The molecule has 0 aliphatic rings. The lowest BCUT2D eigenvalue weighted by Gasteiger charge is -2.00. The van der Waals surface area contributed by atoms with Gasteiger partial charge in [0.25, 0.3) is 0 Å². The number of nitrogens with two attached hydrogens (primary N) is 1. The van der Waals surface area contributed by atoms with Crippen LogP contribution in [0.5, 0.6) is 0 Å². The molecule has 4 N–H and O–H groups in total. The van der Waals surface area contributed by atoms with Crippen molar-refractivity contribution in [2.24, 2.45) is 5.73 Å². The molecule has 0 aliphatic heterocycles. The van der Waals surface area contributed by atoms with Crippen LogP contribution in [0.3, 0.4) is 0 Å². The van der Waals surface area contributed by atoms with Crippen molar-refractivity contribution in [3.05, 3.63) is 0 Å². The Balaban J connectivity index is 3.56. The zero-order chi connectivity index (χ0) is 8.20. The molecule has 0 atom stereocenters. The molecule has 0 spiro atoms. The van der Waals surface area contributed by atoms with E-state index in [1.807, 2.05) is 0 Å². The number of Topliss-reactive ketones (excluding diaryl/α,β-unsaturated/α-hetero) is 1. The smallest absolute Gasteiger partial charge is 0.324 e. The zero-order valence-electron chi connectivity index (χ0n) is 5.36. The van der Waals surface area contributed by atoms with Crippen molar-refractivity contribution in [3.63, 3.8) is 0 Å². The van der Waals surface area contributed by atoms with Crippen LogP contribution in [-0.4, -0.2) is 28.3 Å². The Morgan fingerprint density at radius 2 is 2.00 bits per heavy atom. The Bertz CT molecular complexity index is 163. The summed E-state index contributed by atoms with van der Waals surface area (Å²) < 4.78 is 10.2. The Kier molecular flexibility index (Phi) is 3.75. The van der Waals surface area contributed by atoms with Gasteiger partial charge in [0.05, 0.1) is 12.7 Å². The van der Waals surface area contributed by atoms with Gasteiger partial charge in [-0.2, -0.15) is 0 Å². The van der Waals surface area contributed by atoms with Crippen LogP contribution >= 0.6 is 7.60 Å². The van der Waals surface area contributed by atoms with Gasteiger partial charge in [-0.15, -0.1) is 0 Å². The normalized spacial score (nSPS) is 11.5. The first-order valence-corrected chi connectivity index (χ1v) is 4.52. The highest BCUT2D eigenvalue weighted by Crippen LogP contribution is 2.34. The summed E-state index contributed by atoms with van der Waals surface area (Å²) in [4.78, 5) is 27.0. The van der Waals surface area contributed by atoms with E-state index in [0.717, 1.165) is 0 Å². The number of hydrogen-bond donors (Lipinski definition) is 3. The summed E-state index contributed by atoms with van der Waals surface area (Å²) in [6.45, 7) is -0.153. The standard InChI is InChI=1S/C4H10NO4P/c5-3-4(6)1-2-10(7,8)9/h1-3,5H2,(H2,7,8,9). The molecule has 5 nitrogen and oxygen atoms in total. The Morgan fingerprint density at radius 1 is 1.50 bits per heavy atom. The van der Waals surface area contributed by atoms with Crippen LogP contribution in [0.1, 0.15) is 6.42 Å². The molecule has 0 bridgehead atoms. The van der Waals surface area contributed by atoms with E-state index in [-0.39, 0.29) is 18.7 Å². The first-order chi connectivity index (χ1) is 4.45. The van der Waals surface area contributed by atoms with Gasteiger partial charge in [0.15, 0.2) is 0 Å². The molecule has 0 saturated heterocycles. The molecular weight excluding hydrogens is 157 g/mol. The third kappa shape index (κ3) is 5.91. The summed E-state index contributed by atoms with van der Waals surface area (Å²) in [6, 6.07) is 0. The van der Waals surface area contributed by atoms with Crippen LogP contribution in [0.25, 0.3) is 0 Å². The van der Waals surface area contributed by atoms with E-state index in [1.54, 1.807) is 0 Å². The van der Waals surface area contributed by atoms with E-state index in [9.17, 15) is 9.36 Å². The van der Waals surface area contributed by atoms with Crippen molar-refractivity contribution in [2.75, 3.05) is 12.7 Å². The summed E-state index contributed by atoms with van der Waals surface area (Å²) >= 11 is 0. The monoisotopic (exact) mass is 167 g/mol. The van der Waals surface area contributed by atoms with Crippen molar-refractivity contribution in [3.8, 4) is 0 Å². The van der Waals surface area contributed by atoms with Crippen molar-refractivity contribution in [2.45, 2.75) is 6.42 Å². The van der Waals surface area contributed by atoms with E-state index in [2.05, 4.69) is 0 Å². The van der Waals surface area contributed by atoms with E-state index in [1.165, 1.54) is 0 Å². The third-order valence-corrected chi connectivity index (χ3v) is 1.72. The fourth-order valence-corrected chi connectivity index (χ4v) is 0.913. The van der Waals surface area contributed by atoms with Gasteiger partial charge in [-0.05, 0) is 0 Å². The average molecular weight is 167 g/mol. The van der Waals surface area contributed by atoms with Gasteiger partial charge < -0.3 is 15.5 Å². The van der Waals surface area contributed by atoms with Crippen molar-refractivity contribution in [1.82, 2.24) is 0 Å². The number of hydrogen-bond acceptors (Lipinski definition) is 3. The van der Waals surface area contributed by atoms with Gasteiger partial charge in [0.2, 0.25) is 0 Å².